The minimum atomic E-state index is 0.678. The Morgan fingerprint density at radius 1 is 1.19 bits per heavy atom. The van der Waals surface area contributed by atoms with Gasteiger partial charge in [-0.2, -0.15) is 5.10 Å². The lowest BCUT2D eigenvalue weighted by atomic mass is 10.1. The first-order valence-corrected chi connectivity index (χ1v) is 7.44. The molecule has 2 N–H and O–H groups in total. The Labute approximate surface area is 128 Å². The van der Waals surface area contributed by atoms with Gasteiger partial charge in [-0.1, -0.05) is 25.4 Å². The Bertz CT molecular complexity index is 807. The lowest BCUT2D eigenvalue weighted by Crippen LogP contribution is -2.04. The highest BCUT2D eigenvalue weighted by molar-refractivity contribution is 6.31. The van der Waals surface area contributed by atoms with Gasteiger partial charge in [-0.3, -0.25) is 4.98 Å². The summed E-state index contributed by atoms with van der Waals surface area (Å²) in [4.78, 5) is 4.38. The predicted octanol–water partition coefficient (Wildman–Crippen LogP) is 3.78. The number of nitrogens with zero attached hydrogens (tertiary/aromatic N) is 3. The molecule has 0 amide bonds. The maximum Gasteiger partial charge on any atom is 0.0858 e. The second-order valence-corrected chi connectivity index (χ2v) is 5.35. The maximum absolute atomic E-state index is 6.21. The van der Waals surface area contributed by atoms with E-state index in [1.807, 2.05) is 28.9 Å². The molecular formula is C16H17ClN4. The molecule has 0 radical (unpaired) electrons. The fourth-order valence-corrected chi connectivity index (χ4v) is 2.77. The molecule has 1 aromatic carbocycles. The largest absolute Gasteiger partial charge is 0.396 e. The molecule has 2 aromatic heterocycles. The molecule has 0 atom stereocenters. The van der Waals surface area contributed by atoms with E-state index in [4.69, 9.17) is 17.3 Å². The van der Waals surface area contributed by atoms with Gasteiger partial charge in [0, 0.05) is 16.6 Å². The molecule has 0 aliphatic heterocycles. The Kier molecular flexibility index (Phi) is 3.55. The third kappa shape index (κ3) is 2.25. The molecule has 0 unspecified atom stereocenters. The van der Waals surface area contributed by atoms with Gasteiger partial charge in [0.15, 0.2) is 0 Å². The van der Waals surface area contributed by atoms with Crippen LogP contribution in [-0.4, -0.2) is 14.8 Å². The average molecular weight is 301 g/mol. The van der Waals surface area contributed by atoms with Gasteiger partial charge >= 0.3 is 0 Å². The minimum Gasteiger partial charge on any atom is -0.396 e. The zero-order valence-electron chi connectivity index (χ0n) is 12.1. The fourth-order valence-electron chi connectivity index (χ4n) is 2.61. The second kappa shape index (κ2) is 5.37. The molecule has 0 bridgehead atoms. The summed E-state index contributed by atoms with van der Waals surface area (Å²) in [6.07, 6.45) is 3.42. The van der Waals surface area contributed by atoms with E-state index in [0.717, 1.165) is 46.5 Å². The van der Waals surface area contributed by atoms with Crippen LogP contribution in [0.4, 0.5) is 5.69 Å². The molecule has 3 aromatic rings. The minimum absolute atomic E-state index is 0.678. The van der Waals surface area contributed by atoms with Crippen molar-refractivity contribution in [3.8, 4) is 5.69 Å². The van der Waals surface area contributed by atoms with Crippen LogP contribution in [0.1, 0.15) is 25.2 Å². The van der Waals surface area contributed by atoms with Crippen LogP contribution in [-0.2, 0) is 12.8 Å². The Hall–Kier alpha value is -2.07. The first kappa shape index (κ1) is 13.9. The van der Waals surface area contributed by atoms with Gasteiger partial charge in [-0.25, -0.2) is 4.68 Å². The topological polar surface area (TPSA) is 56.7 Å². The predicted molar refractivity (Wildman–Crippen MR) is 87.0 cm³/mol. The number of fused-ring (bicyclic) bond motifs is 1. The van der Waals surface area contributed by atoms with Crippen LogP contribution in [0, 0.1) is 0 Å². The van der Waals surface area contributed by atoms with Gasteiger partial charge in [-0.15, -0.1) is 0 Å². The molecule has 3 rings (SSSR count). The van der Waals surface area contributed by atoms with E-state index in [1.165, 1.54) is 0 Å². The van der Waals surface area contributed by atoms with Crippen molar-refractivity contribution in [1.82, 2.24) is 14.8 Å². The van der Waals surface area contributed by atoms with Crippen molar-refractivity contribution in [3.63, 3.8) is 0 Å². The van der Waals surface area contributed by atoms with E-state index in [-0.39, 0.29) is 0 Å². The van der Waals surface area contributed by atoms with Gasteiger partial charge in [0.05, 0.1) is 28.3 Å². The zero-order valence-corrected chi connectivity index (χ0v) is 12.9. The first-order valence-electron chi connectivity index (χ1n) is 7.06. The molecular weight excluding hydrogens is 284 g/mol. The van der Waals surface area contributed by atoms with Crippen LogP contribution < -0.4 is 5.73 Å². The lowest BCUT2D eigenvalue weighted by Gasteiger charge is -2.09. The third-order valence-electron chi connectivity index (χ3n) is 3.68. The molecule has 0 spiro atoms. The molecule has 0 saturated heterocycles. The van der Waals surface area contributed by atoms with E-state index in [1.54, 1.807) is 6.20 Å². The van der Waals surface area contributed by atoms with Gasteiger partial charge in [0.25, 0.3) is 0 Å². The highest BCUT2D eigenvalue weighted by Gasteiger charge is 2.15. The van der Waals surface area contributed by atoms with Crippen molar-refractivity contribution >= 4 is 28.2 Å². The van der Waals surface area contributed by atoms with E-state index in [2.05, 4.69) is 23.9 Å². The number of hydrogen-bond donors (Lipinski definition) is 1. The third-order valence-corrected chi connectivity index (χ3v) is 3.91. The number of hydrogen-bond acceptors (Lipinski definition) is 3. The van der Waals surface area contributed by atoms with E-state index in [9.17, 15) is 0 Å². The normalized spacial score (nSPS) is 11.2. The number of aryl methyl sites for hydroxylation is 1. The second-order valence-electron chi connectivity index (χ2n) is 4.92. The molecule has 0 aliphatic rings. The van der Waals surface area contributed by atoms with Crippen molar-refractivity contribution in [3.05, 3.63) is 46.9 Å². The zero-order chi connectivity index (χ0) is 15.0. The summed E-state index contributed by atoms with van der Waals surface area (Å²) in [6, 6.07) is 7.66. The molecule has 21 heavy (non-hydrogen) atoms. The van der Waals surface area contributed by atoms with Crippen LogP contribution in [0.15, 0.2) is 30.5 Å². The molecule has 108 valence electrons. The van der Waals surface area contributed by atoms with Crippen LogP contribution in [0.5, 0.6) is 0 Å². The first-order chi connectivity index (χ1) is 10.2. The Balaban J connectivity index is 2.30. The van der Waals surface area contributed by atoms with E-state index < -0.39 is 0 Å². The summed E-state index contributed by atoms with van der Waals surface area (Å²) < 4.78 is 1.94. The summed E-state index contributed by atoms with van der Waals surface area (Å²) in [6.45, 7) is 4.15. The number of aromatic nitrogens is 3. The summed E-state index contributed by atoms with van der Waals surface area (Å²) >= 11 is 6.04. The van der Waals surface area contributed by atoms with Gasteiger partial charge in [0.1, 0.15) is 0 Å². The number of rotatable bonds is 3. The standard InChI is InChI=1S/C16H17ClN4/c1-3-12-16(18)14(4-2)21(20-12)15-7-8-19-13-9-10(17)5-6-11(13)15/h5-9H,3-4,18H2,1-2H3. The molecule has 0 fully saturated rings. The summed E-state index contributed by atoms with van der Waals surface area (Å²) in [5.74, 6) is 0. The quantitative estimate of drug-likeness (QED) is 0.801. The number of anilines is 1. The summed E-state index contributed by atoms with van der Waals surface area (Å²) in [5, 5.41) is 6.37. The Morgan fingerprint density at radius 3 is 2.71 bits per heavy atom. The van der Waals surface area contributed by atoms with E-state index in [0.29, 0.717) is 5.02 Å². The monoisotopic (exact) mass is 300 g/mol. The van der Waals surface area contributed by atoms with Crippen LogP contribution in [0.2, 0.25) is 5.02 Å². The van der Waals surface area contributed by atoms with Gasteiger partial charge < -0.3 is 5.73 Å². The average Bonchev–Trinajstić information content (AvgIpc) is 2.82. The number of nitrogen functional groups attached to an aromatic ring is 1. The van der Waals surface area contributed by atoms with Crippen LogP contribution in [0.25, 0.3) is 16.6 Å². The van der Waals surface area contributed by atoms with Gasteiger partial charge in [0.2, 0.25) is 0 Å². The number of benzene rings is 1. The van der Waals surface area contributed by atoms with Crippen molar-refractivity contribution in [1.29, 1.82) is 0 Å². The van der Waals surface area contributed by atoms with Crippen molar-refractivity contribution < 1.29 is 0 Å². The molecule has 0 aliphatic carbocycles. The molecule has 5 heteroatoms. The smallest absolute Gasteiger partial charge is 0.0858 e. The molecule has 0 saturated carbocycles. The SMILES string of the molecule is CCc1nn(-c2ccnc3cc(Cl)ccc23)c(CC)c1N. The lowest BCUT2D eigenvalue weighted by molar-refractivity contribution is 0.798. The van der Waals surface area contributed by atoms with Crippen molar-refractivity contribution in [2.75, 3.05) is 5.73 Å². The highest BCUT2D eigenvalue weighted by Crippen LogP contribution is 2.27. The fraction of sp³-hybridized carbons (Fsp3) is 0.250. The molecule has 2 heterocycles. The van der Waals surface area contributed by atoms with Crippen molar-refractivity contribution in [2.45, 2.75) is 26.7 Å². The highest BCUT2D eigenvalue weighted by atomic mass is 35.5. The number of halogens is 1. The van der Waals surface area contributed by atoms with Gasteiger partial charge in [-0.05, 0) is 37.1 Å². The summed E-state index contributed by atoms with van der Waals surface area (Å²) in [7, 11) is 0. The van der Waals surface area contributed by atoms with Crippen LogP contribution >= 0.6 is 11.6 Å². The maximum atomic E-state index is 6.21. The van der Waals surface area contributed by atoms with Crippen LogP contribution in [0.3, 0.4) is 0 Å². The number of pyridine rings is 1. The molecule has 4 nitrogen and oxygen atoms in total. The number of nitrogens with two attached hydrogens (primary N) is 1. The van der Waals surface area contributed by atoms with E-state index >= 15 is 0 Å². The Morgan fingerprint density at radius 2 is 2.00 bits per heavy atom. The summed E-state index contributed by atoms with van der Waals surface area (Å²) in [5.41, 5.74) is 10.8. The van der Waals surface area contributed by atoms with Crippen molar-refractivity contribution in [2.24, 2.45) is 0 Å².